The fourth-order valence-electron chi connectivity index (χ4n) is 2.55. The summed E-state index contributed by atoms with van der Waals surface area (Å²) in [6, 6.07) is 0. The third kappa shape index (κ3) is 4.30. The van der Waals surface area contributed by atoms with E-state index in [4.69, 9.17) is 15.2 Å². The number of rotatable bonds is 5. The maximum atomic E-state index is 15.8. The lowest BCUT2D eigenvalue weighted by Crippen LogP contribution is -2.44. The summed E-state index contributed by atoms with van der Waals surface area (Å²) in [6.45, 7) is 6.06. The zero-order chi connectivity index (χ0) is 21.2. The Hall–Kier alpha value is -2.55. The fourth-order valence-corrected chi connectivity index (χ4v) is 2.55. The number of carbonyl (C=O) groups excluding carboxylic acids is 1. The summed E-state index contributed by atoms with van der Waals surface area (Å²) >= 11 is 0. The van der Waals surface area contributed by atoms with Crippen LogP contribution in [0.15, 0.2) is 28.4 Å². The van der Waals surface area contributed by atoms with Crippen molar-refractivity contribution in [1.82, 2.24) is 9.55 Å². The van der Waals surface area contributed by atoms with Crippen molar-refractivity contribution >= 4 is 11.8 Å². The van der Waals surface area contributed by atoms with Crippen LogP contribution in [-0.4, -0.2) is 45.1 Å². The van der Waals surface area contributed by atoms with E-state index in [-0.39, 0.29) is 0 Å². The Morgan fingerprint density at radius 1 is 1.57 bits per heavy atom. The molecule has 1 saturated heterocycles. The van der Waals surface area contributed by atoms with Crippen LogP contribution in [0.1, 0.15) is 33.9 Å². The van der Waals surface area contributed by atoms with E-state index >= 15 is 4.39 Å². The van der Waals surface area contributed by atoms with Crippen LogP contribution in [-0.2, 0) is 14.3 Å². The van der Waals surface area contributed by atoms with Gasteiger partial charge in [-0.3, -0.25) is 9.36 Å². The van der Waals surface area contributed by atoms with E-state index < -0.39 is 59.9 Å². The van der Waals surface area contributed by atoms with E-state index in [1.807, 2.05) is 0 Å². The van der Waals surface area contributed by atoms with Gasteiger partial charge in [-0.15, -0.1) is 5.73 Å². The smallest absolute Gasteiger partial charge is 0.351 e. The molecule has 0 spiro atoms. The van der Waals surface area contributed by atoms with E-state index in [0.29, 0.717) is 16.3 Å². The summed E-state index contributed by atoms with van der Waals surface area (Å²) in [5, 5.41) is 10.5. The van der Waals surface area contributed by atoms with E-state index in [2.05, 4.69) is 10.7 Å². The molecule has 1 aliphatic heterocycles. The lowest BCUT2D eigenvalue weighted by atomic mass is 9.95. The van der Waals surface area contributed by atoms with Crippen molar-refractivity contribution in [3.8, 4) is 0 Å². The summed E-state index contributed by atoms with van der Waals surface area (Å²) < 4.78 is 40.6. The number of nitrogens with two attached hydrogens (primary N) is 1. The minimum absolute atomic E-state index is 0.437. The van der Waals surface area contributed by atoms with Gasteiger partial charge in [-0.2, -0.15) is 4.98 Å². The molecule has 1 fully saturated rings. The van der Waals surface area contributed by atoms with Crippen LogP contribution in [0.5, 0.6) is 0 Å². The molecule has 1 aromatic heterocycles. The molecule has 0 bridgehead atoms. The van der Waals surface area contributed by atoms with Crippen molar-refractivity contribution in [3.05, 3.63) is 39.9 Å². The Morgan fingerprint density at radius 3 is 2.79 bits per heavy atom. The lowest BCUT2D eigenvalue weighted by molar-refractivity contribution is -0.153. The van der Waals surface area contributed by atoms with E-state index in [9.17, 15) is 19.1 Å². The first kappa shape index (κ1) is 21.7. The highest BCUT2D eigenvalue weighted by Crippen LogP contribution is 2.42. The predicted molar refractivity (Wildman–Crippen MR) is 95.4 cm³/mol. The number of hydrogen-bond acceptors (Lipinski definition) is 7. The summed E-state index contributed by atoms with van der Waals surface area (Å²) in [6.07, 6.45) is -3.35. The molecule has 8 nitrogen and oxygen atoms in total. The van der Waals surface area contributed by atoms with Gasteiger partial charge >= 0.3 is 11.7 Å². The molecule has 0 radical (unpaired) electrons. The summed E-state index contributed by atoms with van der Waals surface area (Å²) in [5.74, 6) is -2.71. The molecule has 4 atom stereocenters. The number of alkyl halides is 1. The molecule has 2 rings (SSSR count). The minimum Gasteiger partial charge on any atom is -0.463 e. The molecule has 3 N–H and O–H groups in total. The molecule has 2 heterocycles. The van der Waals surface area contributed by atoms with Crippen LogP contribution < -0.4 is 11.4 Å². The standard InChI is InChI=1S/C18H23F2N3O5/c1-9(2)5-6-18(20)13(24)12(8-27-15(25)10(3)4)28-16(18)23-7-11(19)14(21)22-17(23)26/h6-7,10,12-13,16,24H,8H2,1-4H3,(H2,21,22,26)/t12-,13-,16-,18-/m1/s1. The van der Waals surface area contributed by atoms with Crippen LogP contribution >= 0.6 is 0 Å². The number of ether oxygens (including phenoxy) is 2. The van der Waals surface area contributed by atoms with Gasteiger partial charge in [0.1, 0.15) is 18.8 Å². The number of esters is 1. The molecular weight excluding hydrogens is 376 g/mol. The summed E-state index contributed by atoms with van der Waals surface area (Å²) in [7, 11) is 0. The number of aliphatic hydroxyl groups excluding tert-OH is 1. The van der Waals surface area contributed by atoms with Crippen molar-refractivity contribution < 1.29 is 28.2 Å². The van der Waals surface area contributed by atoms with Gasteiger partial charge < -0.3 is 20.3 Å². The quantitative estimate of drug-likeness (QED) is 0.565. The number of anilines is 1. The van der Waals surface area contributed by atoms with Gasteiger partial charge in [0.2, 0.25) is 5.67 Å². The average molecular weight is 399 g/mol. The van der Waals surface area contributed by atoms with Gasteiger partial charge in [0.05, 0.1) is 12.1 Å². The minimum atomic E-state index is -2.67. The maximum absolute atomic E-state index is 15.8. The predicted octanol–water partition coefficient (Wildman–Crippen LogP) is 1.25. The highest BCUT2D eigenvalue weighted by atomic mass is 19.1. The van der Waals surface area contributed by atoms with E-state index in [1.54, 1.807) is 27.7 Å². The number of aliphatic hydroxyl groups is 1. The van der Waals surface area contributed by atoms with Gasteiger partial charge in [-0.05, 0) is 19.4 Å². The number of hydrogen-bond donors (Lipinski definition) is 2. The van der Waals surface area contributed by atoms with Crippen LogP contribution in [0.3, 0.4) is 0 Å². The molecule has 0 amide bonds. The molecule has 0 aliphatic carbocycles. The first-order valence-electron chi connectivity index (χ1n) is 8.61. The Balaban J connectivity index is 2.46. The average Bonchev–Trinajstić information content (AvgIpc) is 2.86. The SMILES string of the molecule is CC(C)=C=C[C@@]1(F)[C@H](O)[C@@H](COC(=O)C(C)C)O[C@H]1n1cc(F)c(N)nc1=O. The van der Waals surface area contributed by atoms with Gasteiger partial charge in [-0.25, -0.2) is 13.6 Å². The Labute approximate surface area is 160 Å². The highest BCUT2D eigenvalue weighted by molar-refractivity contribution is 5.71. The fraction of sp³-hybridized carbons (Fsp3) is 0.556. The first-order chi connectivity index (χ1) is 13.0. The zero-order valence-electron chi connectivity index (χ0n) is 16.0. The largest absolute Gasteiger partial charge is 0.463 e. The van der Waals surface area contributed by atoms with Crippen molar-refractivity contribution in [2.75, 3.05) is 12.3 Å². The second kappa shape index (κ2) is 8.22. The van der Waals surface area contributed by atoms with Crippen LogP contribution in [0.2, 0.25) is 0 Å². The van der Waals surface area contributed by atoms with Gasteiger partial charge in [0, 0.05) is 6.08 Å². The topological polar surface area (TPSA) is 117 Å². The number of halogens is 2. The lowest BCUT2D eigenvalue weighted by Gasteiger charge is -2.25. The van der Waals surface area contributed by atoms with E-state index in [1.165, 1.54) is 0 Å². The number of nitrogens with zero attached hydrogens (tertiary/aromatic N) is 2. The second-order valence-electron chi connectivity index (χ2n) is 7.04. The van der Waals surface area contributed by atoms with Crippen molar-refractivity contribution in [2.24, 2.45) is 5.92 Å². The molecule has 1 aliphatic rings. The molecule has 0 saturated carbocycles. The normalized spacial score (nSPS) is 26.8. The van der Waals surface area contributed by atoms with Crippen LogP contribution in [0.25, 0.3) is 0 Å². The molecule has 10 heteroatoms. The van der Waals surface area contributed by atoms with Crippen molar-refractivity contribution in [2.45, 2.75) is 51.8 Å². The molecule has 28 heavy (non-hydrogen) atoms. The van der Waals surface area contributed by atoms with Crippen molar-refractivity contribution in [3.63, 3.8) is 0 Å². The third-order valence-electron chi connectivity index (χ3n) is 4.12. The van der Waals surface area contributed by atoms with Gasteiger partial charge in [0.25, 0.3) is 0 Å². The monoisotopic (exact) mass is 399 g/mol. The second-order valence-corrected chi connectivity index (χ2v) is 7.04. The van der Waals surface area contributed by atoms with E-state index in [0.717, 1.165) is 6.08 Å². The van der Waals surface area contributed by atoms with Crippen LogP contribution in [0.4, 0.5) is 14.6 Å². The Bertz CT molecular complexity index is 874. The first-order valence-corrected chi connectivity index (χ1v) is 8.61. The molecule has 154 valence electrons. The zero-order valence-corrected chi connectivity index (χ0v) is 16.0. The maximum Gasteiger partial charge on any atom is 0.351 e. The van der Waals surface area contributed by atoms with Gasteiger partial charge in [0.15, 0.2) is 17.9 Å². The summed E-state index contributed by atoms with van der Waals surface area (Å²) in [4.78, 5) is 27.1. The molecule has 0 aromatic carbocycles. The molecular formula is C18H23F2N3O5. The summed E-state index contributed by atoms with van der Waals surface area (Å²) in [5.41, 5.74) is 4.73. The highest BCUT2D eigenvalue weighted by Gasteiger charge is 2.57. The van der Waals surface area contributed by atoms with Gasteiger partial charge in [-0.1, -0.05) is 13.8 Å². The molecule has 0 unspecified atom stereocenters. The third-order valence-corrected chi connectivity index (χ3v) is 4.12. The Kier molecular flexibility index (Phi) is 6.38. The van der Waals surface area contributed by atoms with Crippen molar-refractivity contribution in [1.29, 1.82) is 0 Å². The Morgan fingerprint density at radius 2 is 2.21 bits per heavy atom. The number of carbonyl (C=O) groups is 1. The number of nitrogen functional groups attached to an aromatic ring is 1. The van der Waals surface area contributed by atoms with Crippen LogP contribution in [0, 0.1) is 11.7 Å². The molecule has 1 aromatic rings. The number of aromatic nitrogens is 2.